The maximum absolute atomic E-state index is 5.85. The van der Waals surface area contributed by atoms with E-state index in [-0.39, 0.29) is 5.60 Å². The maximum atomic E-state index is 5.85. The average Bonchev–Trinajstić information content (AvgIpc) is 2.07. The van der Waals surface area contributed by atoms with Crippen molar-refractivity contribution in [2.45, 2.75) is 51.2 Å². The van der Waals surface area contributed by atoms with Crippen LogP contribution in [0, 0.1) is 0 Å². The van der Waals surface area contributed by atoms with Gasteiger partial charge in [0.2, 0.25) is 0 Å². The minimum Gasteiger partial charge on any atom is -0.376 e. The molecule has 0 heterocycles. The topological polar surface area (TPSA) is 44.5 Å². The van der Waals surface area contributed by atoms with Crippen molar-refractivity contribution in [2.75, 3.05) is 19.8 Å². The van der Waals surface area contributed by atoms with Crippen molar-refractivity contribution in [2.24, 2.45) is 5.73 Å². The predicted molar refractivity (Wildman–Crippen MR) is 57.3 cm³/mol. The molecule has 84 valence electrons. The number of hydrogen-bond acceptors (Lipinski definition) is 3. The fourth-order valence-corrected chi connectivity index (χ4v) is 1.84. The molecule has 0 radical (unpaired) electrons. The summed E-state index contributed by atoms with van der Waals surface area (Å²) >= 11 is 0. The highest BCUT2D eigenvalue weighted by Crippen LogP contribution is 2.38. The Morgan fingerprint density at radius 3 is 2.43 bits per heavy atom. The molecule has 1 aliphatic rings. The summed E-state index contributed by atoms with van der Waals surface area (Å²) < 4.78 is 11.3. The summed E-state index contributed by atoms with van der Waals surface area (Å²) in [5, 5.41) is 0. The Balaban J connectivity index is 2.09. The third kappa shape index (κ3) is 3.56. The van der Waals surface area contributed by atoms with Crippen LogP contribution in [0.25, 0.3) is 0 Å². The summed E-state index contributed by atoms with van der Waals surface area (Å²) in [5.74, 6) is 0. The first-order chi connectivity index (χ1) is 6.68. The Hall–Kier alpha value is -0.120. The van der Waals surface area contributed by atoms with Crippen molar-refractivity contribution in [3.63, 3.8) is 0 Å². The molecule has 0 aromatic rings. The van der Waals surface area contributed by atoms with Crippen LogP contribution in [0.5, 0.6) is 0 Å². The molecule has 1 fully saturated rings. The van der Waals surface area contributed by atoms with Crippen molar-refractivity contribution >= 4 is 0 Å². The zero-order valence-corrected chi connectivity index (χ0v) is 9.42. The van der Waals surface area contributed by atoms with E-state index in [9.17, 15) is 0 Å². The van der Waals surface area contributed by atoms with E-state index in [1.54, 1.807) is 0 Å². The van der Waals surface area contributed by atoms with Crippen molar-refractivity contribution in [1.29, 1.82) is 0 Å². The molecule has 3 heteroatoms. The van der Waals surface area contributed by atoms with Crippen LogP contribution < -0.4 is 5.73 Å². The molecule has 2 N–H and O–H groups in total. The van der Waals surface area contributed by atoms with Gasteiger partial charge >= 0.3 is 0 Å². The lowest BCUT2D eigenvalue weighted by Gasteiger charge is -2.41. The van der Waals surface area contributed by atoms with Gasteiger partial charge in [0.05, 0.1) is 24.9 Å². The normalized spacial score (nSPS) is 19.7. The second-order valence-corrected chi connectivity index (χ2v) is 4.34. The zero-order chi connectivity index (χ0) is 10.4. The van der Waals surface area contributed by atoms with Gasteiger partial charge in [0.15, 0.2) is 0 Å². The Labute approximate surface area is 86.9 Å². The Kier molecular flexibility index (Phi) is 4.85. The molecule has 3 nitrogen and oxygen atoms in total. The molecule has 14 heavy (non-hydrogen) atoms. The summed E-state index contributed by atoms with van der Waals surface area (Å²) in [4.78, 5) is 0. The largest absolute Gasteiger partial charge is 0.376 e. The lowest BCUT2D eigenvalue weighted by molar-refractivity contribution is -0.120. The zero-order valence-electron chi connectivity index (χ0n) is 9.42. The third-order valence-corrected chi connectivity index (χ3v) is 2.81. The number of nitrogens with two attached hydrogens (primary N) is 1. The predicted octanol–water partition coefficient (Wildman–Crippen LogP) is 1.70. The number of hydrogen-bond donors (Lipinski definition) is 1. The van der Waals surface area contributed by atoms with Gasteiger partial charge in [0, 0.05) is 0 Å². The van der Waals surface area contributed by atoms with Gasteiger partial charge in [0.1, 0.15) is 0 Å². The van der Waals surface area contributed by atoms with E-state index in [0.29, 0.717) is 19.3 Å². The first-order valence-corrected chi connectivity index (χ1v) is 5.64. The molecule has 0 aromatic heterocycles. The first-order valence-electron chi connectivity index (χ1n) is 5.64. The van der Waals surface area contributed by atoms with E-state index in [2.05, 4.69) is 0 Å². The highest BCUT2D eigenvalue weighted by molar-refractivity contribution is 4.89. The molecule has 0 spiro atoms. The summed E-state index contributed by atoms with van der Waals surface area (Å²) in [6.07, 6.45) is 4.92. The lowest BCUT2D eigenvalue weighted by Crippen LogP contribution is -2.42. The standard InChI is InChI=1S/C11H23NO2/c1-10(2)13-8-9-14-11(6-7-12)4-3-5-11/h10H,3-9,12H2,1-2H3. The highest BCUT2D eigenvalue weighted by Gasteiger charge is 2.36. The minimum atomic E-state index is 0.106. The van der Waals surface area contributed by atoms with Crippen molar-refractivity contribution < 1.29 is 9.47 Å². The first kappa shape index (κ1) is 12.0. The van der Waals surface area contributed by atoms with E-state index >= 15 is 0 Å². The van der Waals surface area contributed by atoms with Gasteiger partial charge in [-0.25, -0.2) is 0 Å². The van der Waals surface area contributed by atoms with Gasteiger partial charge in [-0.1, -0.05) is 0 Å². The van der Waals surface area contributed by atoms with Crippen LogP contribution in [0.15, 0.2) is 0 Å². The molecule has 1 rings (SSSR count). The summed E-state index contributed by atoms with van der Waals surface area (Å²) in [6, 6.07) is 0. The molecule has 0 aliphatic heterocycles. The molecule has 0 bridgehead atoms. The van der Waals surface area contributed by atoms with Gasteiger partial charge in [-0.05, 0) is 46.1 Å². The molecular formula is C11H23NO2. The van der Waals surface area contributed by atoms with E-state index < -0.39 is 0 Å². The van der Waals surface area contributed by atoms with Crippen molar-refractivity contribution in [1.82, 2.24) is 0 Å². The molecule has 0 amide bonds. The second kappa shape index (κ2) is 5.69. The van der Waals surface area contributed by atoms with Gasteiger partial charge in [-0.3, -0.25) is 0 Å². The fourth-order valence-electron chi connectivity index (χ4n) is 1.84. The Morgan fingerprint density at radius 2 is 2.00 bits per heavy atom. The summed E-state index contributed by atoms with van der Waals surface area (Å²) in [6.45, 7) is 6.21. The third-order valence-electron chi connectivity index (χ3n) is 2.81. The van der Waals surface area contributed by atoms with Crippen LogP contribution in [0.4, 0.5) is 0 Å². The van der Waals surface area contributed by atoms with E-state index in [0.717, 1.165) is 13.0 Å². The number of ether oxygens (including phenoxy) is 2. The van der Waals surface area contributed by atoms with Crippen LogP contribution in [0.2, 0.25) is 0 Å². The Morgan fingerprint density at radius 1 is 1.29 bits per heavy atom. The Bertz CT molecular complexity index is 155. The van der Waals surface area contributed by atoms with Crippen molar-refractivity contribution in [3.05, 3.63) is 0 Å². The molecular weight excluding hydrogens is 178 g/mol. The van der Waals surface area contributed by atoms with Crippen LogP contribution in [0.3, 0.4) is 0 Å². The van der Waals surface area contributed by atoms with E-state index in [1.807, 2.05) is 13.8 Å². The van der Waals surface area contributed by atoms with Crippen LogP contribution in [0.1, 0.15) is 39.5 Å². The van der Waals surface area contributed by atoms with E-state index in [4.69, 9.17) is 15.2 Å². The number of rotatable bonds is 7. The van der Waals surface area contributed by atoms with Gasteiger partial charge in [0.25, 0.3) is 0 Å². The van der Waals surface area contributed by atoms with Gasteiger partial charge in [-0.2, -0.15) is 0 Å². The van der Waals surface area contributed by atoms with Gasteiger partial charge < -0.3 is 15.2 Å². The summed E-state index contributed by atoms with van der Waals surface area (Å²) in [5.41, 5.74) is 5.67. The quantitative estimate of drug-likeness (QED) is 0.638. The molecule has 1 saturated carbocycles. The summed E-state index contributed by atoms with van der Waals surface area (Å²) in [7, 11) is 0. The monoisotopic (exact) mass is 201 g/mol. The van der Waals surface area contributed by atoms with Crippen molar-refractivity contribution in [3.8, 4) is 0 Å². The second-order valence-electron chi connectivity index (χ2n) is 4.34. The lowest BCUT2D eigenvalue weighted by atomic mass is 9.77. The highest BCUT2D eigenvalue weighted by atomic mass is 16.5. The van der Waals surface area contributed by atoms with Crippen LogP contribution in [-0.4, -0.2) is 31.5 Å². The minimum absolute atomic E-state index is 0.106. The van der Waals surface area contributed by atoms with E-state index in [1.165, 1.54) is 19.3 Å². The van der Waals surface area contributed by atoms with Crippen LogP contribution >= 0.6 is 0 Å². The average molecular weight is 201 g/mol. The molecule has 0 atom stereocenters. The maximum Gasteiger partial charge on any atom is 0.0708 e. The molecule has 0 saturated heterocycles. The molecule has 0 unspecified atom stereocenters. The van der Waals surface area contributed by atoms with Crippen LogP contribution in [-0.2, 0) is 9.47 Å². The SMILES string of the molecule is CC(C)OCCOC1(CCN)CCC1. The smallest absolute Gasteiger partial charge is 0.0708 e. The molecule has 0 aromatic carbocycles. The molecule has 1 aliphatic carbocycles. The fraction of sp³-hybridized carbons (Fsp3) is 1.00. The van der Waals surface area contributed by atoms with Gasteiger partial charge in [-0.15, -0.1) is 0 Å².